The molecule has 1 nitrogen and oxygen atoms in total. The van der Waals surface area contributed by atoms with Gasteiger partial charge >= 0.3 is 17.1 Å². The Hall–Kier alpha value is -2.41. The van der Waals surface area contributed by atoms with E-state index in [4.69, 9.17) is 0 Å². The van der Waals surface area contributed by atoms with E-state index >= 15 is 0 Å². The van der Waals surface area contributed by atoms with Crippen molar-refractivity contribution >= 4 is 11.4 Å². The molecule has 2 unspecified atom stereocenters. The molecule has 10 radical (unpaired) electrons. The van der Waals surface area contributed by atoms with Gasteiger partial charge in [-0.3, -0.25) is 4.79 Å². The Morgan fingerprint density at radius 1 is 0.622 bits per heavy atom. The summed E-state index contributed by atoms with van der Waals surface area (Å²) in [5.41, 5.74) is 6.57. The summed E-state index contributed by atoms with van der Waals surface area (Å²) in [5, 5.41) is 0. The summed E-state index contributed by atoms with van der Waals surface area (Å²) in [6.45, 7) is 2.10. The van der Waals surface area contributed by atoms with Crippen LogP contribution in [0, 0.1) is 70.6 Å². The summed E-state index contributed by atoms with van der Waals surface area (Å²) in [4.78, 5) is 14.2. The molecule has 6 rings (SSSR count). The summed E-state index contributed by atoms with van der Waals surface area (Å²) < 4.78 is 0. The van der Waals surface area contributed by atoms with Crippen LogP contribution in [-0.2, 0) is 21.9 Å². The second-order valence-corrected chi connectivity index (χ2v) is 9.33. The SMILES string of the molecule is Cc1ccc(C2CC([C]3[CH][CH][CH][CH]3)=C(c3ccccc3)C(=O)C2c2ccccc2)cc1.[CH]1[CH][CH][CH][CH]1.[Fe+2]. The summed E-state index contributed by atoms with van der Waals surface area (Å²) in [6, 6.07) is 29.1. The number of Topliss-reactive ketones (excluding diaryl/α,β-unsaturated/α-hetero) is 1. The Morgan fingerprint density at radius 3 is 1.73 bits per heavy atom. The first-order valence-corrected chi connectivity index (χ1v) is 12.6. The standard InChI is InChI=1S/C30H25O.C5H5.Fe/c1-21-16-18-23(19-17-21)27-20-26(22-10-8-9-11-22)28(24-12-4-2-5-13-24)30(31)29(27)25-14-6-3-7-15-25;1-2-4-5-3-1;/h2-19,27,29H,20H2,1H3;1-5H;/q;;+2. The predicted molar refractivity (Wildman–Crippen MR) is 148 cm³/mol. The Labute approximate surface area is 234 Å². The molecular weight excluding hydrogens is 492 g/mol. The second kappa shape index (κ2) is 13.4. The van der Waals surface area contributed by atoms with Crippen LogP contribution in [0.1, 0.15) is 40.5 Å². The molecule has 182 valence electrons. The van der Waals surface area contributed by atoms with Crippen LogP contribution < -0.4 is 0 Å². The first kappa shape index (κ1) is 27.6. The zero-order valence-corrected chi connectivity index (χ0v) is 22.0. The molecule has 0 bridgehead atoms. The van der Waals surface area contributed by atoms with Crippen molar-refractivity contribution in [2.75, 3.05) is 0 Å². The van der Waals surface area contributed by atoms with Gasteiger partial charge in [-0.15, -0.1) is 0 Å². The molecule has 0 heterocycles. The van der Waals surface area contributed by atoms with E-state index in [2.05, 4.69) is 81.1 Å². The van der Waals surface area contributed by atoms with E-state index < -0.39 is 0 Å². The molecule has 0 amide bonds. The summed E-state index contributed by atoms with van der Waals surface area (Å²) in [5.74, 6) is 1.27. The number of benzene rings is 3. The van der Waals surface area contributed by atoms with Gasteiger partial charge in [-0.05, 0) is 87.8 Å². The number of allylic oxidation sites excluding steroid dienone is 2. The van der Waals surface area contributed by atoms with Crippen molar-refractivity contribution in [2.24, 2.45) is 0 Å². The van der Waals surface area contributed by atoms with E-state index in [0.29, 0.717) is 0 Å². The molecule has 0 spiro atoms. The second-order valence-electron chi connectivity index (χ2n) is 9.33. The summed E-state index contributed by atoms with van der Waals surface area (Å²) in [6.07, 6.45) is 19.2. The Kier molecular flexibility index (Phi) is 10.0. The molecule has 2 saturated carbocycles. The van der Waals surface area contributed by atoms with Crippen molar-refractivity contribution in [3.8, 4) is 0 Å². The van der Waals surface area contributed by atoms with Gasteiger partial charge in [-0.1, -0.05) is 96.1 Å². The number of carbonyl (C=O) groups excluding carboxylic acids is 1. The Bertz CT molecular complexity index is 1150. The van der Waals surface area contributed by atoms with Gasteiger partial charge in [0.05, 0.1) is 5.92 Å². The van der Waals surface area contributed by atoms with Gasteiger partial charge in [-0.25, -0.2) is 0 Å². The van der Waals surface area contributed by atoms with Crippen LogP contribution in [0.5, 0.6) is 0 Å². The largest absolute Gasteiger partial charge is 2.00 e. The number of carbonyl (C=O) groups is 1. The minimum Gasteiger partial charge on any atom is -0.293 e. The minimum absolute atomic E-state index is 0. The fraction of sp³-hybridized carbons (Fsp3) is 0.114. The maximum absolute atomic E-state index is 14.2. The molecule has 2 heteroatoms. The molecule has 3 aromatic carbocycles. The van der Waals surface area contributed by atoms with E-state index in [0.717, 1.165) is 34.6 Å². The average molecular weight is 522 g/mol. The van der Waals surface area contributed by atoms with E-state index in [1.165, 1.54) is 11.1 Å². The zero-order chi connectivity index (χ0) is 24.7. The van der Waals surface area contributed by atoms with Gasteiger partial charge in [0.1, 0.15) is 0 Å². The summed E-state index contributed by atoms with van der Waals surface area (Å²) in [7, 11) is 0. The molecule has 0 saturated heterocycles. The predicted octanol–water partition coefficient (Wildman–Crippen LogP) is 7.71. The first-order chi connectivity index (χ1) is 17.7. The molecule has 3 aromatic rings. The smallest absolute Gasteiger partial charge is 0.293 e. The maximum Gasteiger partial charge on any atom is 2.00 e. The van der Waals surface area contributed by atoms with Crippen molar-refractivity contribution in [1.82, 2.24) is 0 Å². The Balaban J connectivity index is 0.000000479. The topological polar surface area (TPSA) is 17.1 Å². The van der Waals surface area contributed by atoms with Crippen molar-refractivity contribution in [3.63, 3.8) is 0 Å². The summed E-state index contributed by atoms with van der Waals surface area (Å²) >= 11 is 0. The number of ketones is 1. The molecule has 3 aliphatic rings. The van der Waals surface area contributed by atoms with Crippen LogP contribution in [0.15, 0.2) is 90.5 Å². The van der Waals surface area contributed by atoms with Gasteiger partial charge in [0.25, 0.3) is 0 Å². The van der Waals surface area contributed by atoms with Crippen molar-refractivity contribution in [1.29, 1.82) is 0 Å². The third-order valence-electron chi connectivity index (χ3n) is 6.95. The molecule has 0 aliphatic heterocycles. The molecule has 37 heavy (non-hydrogen) atoms. The molecule has 2 fully saturated rings. The monoisotopic (exact) mass is 522 g/mol. The van der Waals surface area contributed by atoms with Gasteiger partial charge < -0.3 is 0 Å². The molecular formula is C35H30FeO+2. The normalized spacial score (nSPS) is 21.8. The van der Waals surface area contributed by atoms with Crippen LogP contribution in [0.4, 0.5) is 0 Å². The van der Waals surface area contributed by atoms with Crippen LogP contribution in [0.2, 0.25) is 0 Å². The van der Waals surface area contributed by atoms with E-state index in [1.807, 2.05) is 68.5 Å². The maximum atomic E-state index is 14.2. The molecule has 0 N–H and O–H groups in total. The quantitative estimate of drug-likeness (QED) is 0.321. The van der Waals surface area contributed by atoms with Crippen molar-refractivity contribution in [3.05, 3.63) is 176 Å². The van der Waals surface area contributed by atoms with Crippen LogP contribution >= 0.6 is 0 Å². The first-order valence-electron chi connectivity index (χ1n) is 12.6. The van der Waals surface area contributed by atoms with Gasteiger partial charge in [0.15, 0.2) is 5.78 Å². The zero-order valence-electron chi connectivity index (χ0n) is 20.9. The number of hydrogen-bond donors (Lipinski definition) is 0. The fourth-order valence-corrected chi connectivity index (χ4v) is 5.17. The number of rotatable bonds is 4. The van der Waals surface area contributed by atoms with E-state index in [1.54, 1.807) is 0 Å². The van der Waals surface area contributed by atoms with Crippen LogP contribution in [0.3, 0.4) is 0 Å². The third kappa shape index (κ3) is 6.54. The van der Waals surface area contributed by atoms with Gasteiger partial charge in [0, 0.05) is 17.4 Å². The van der Waals surface area contributed by atoms with Gasteiger partial charge in [-0.2, -0.15) is 0 Å². The van der Waals surface area contributed by atoms with Gasteiger partial charge in [0.2, 0.25) is 0 Å². The fourth-order valence-electron chi connectivity index (χ4n) is 5.17. The van der Waals surface area contributed by atoms with E-state index in [9.17, 15) is 4.79 Å². The average Bonchev–Trinajstić information content (AvgIpc) is 3.67. The molecule has 2 atom stereocenters. The number of aryl methyl sites for hydroxylation is 1. The van der Waals surface area contributed by atoms with E-state index in [-0.39, 0.29) is 34.7 Å². The van der Waals surface area contributed by atoms with Crippen molar-refractivity contribution in [2.45, 2.75) is 25.2 Å². The van der Waals surface area contributed by atoms with Crippen LogP contribution in [-0.4, -0.2) is 5.78 Å². The molecule has 0 aromatic heterocycles. The van der Waals surface area contributed by atoms with Crippen LogP contribution in [0.25, 0.3) is 5.57 Å². The minimum atomic E-state index is -0.196. The number of hydrogen-bond acceptors (Lipinski definition) is 1. The molecule has 3 aliphatic carbocycles. The third-order valence-corrected chi connectivity index (χ3v) is 6.95. The Morgan fingerprint density at radius 2 is 1.16 bits per heavy atom. The van der Waals surface area contributed by atoms with Crippen molar-refractivity contribution < 1.29 is 21.9 Å².